The van der Waals surface area contributed by atoms with Gasteiger partial charge in [0, 0.05) is 11.6 Å². The van der Waals surface area contributed by atoms with Crippen LogP contribution in [0.5, 0.6) is 5.75 Å². The lowest BCUT2D eigenvalue weighted by molar-refractivity contribution is -0.119. The van der Waals surface area contributed by atoms with Crippen LogP contribution in [0.3, 0.4) is 0 Å². The number of nitrogens with zero attached hydrogens (tertiary/aromatic N) is 5. The van der Waals surface area contributed by atoms with E-state index in [2.05, 4.69) is 25.8 Å². The predicted molar refractivity (Wildman–Crippen MR) is 115 cm³/mol. The Morgan fingerprint density at radius 2 is 2.00 bits per heavy atom. The molecule has 0 spiro atoms. The number of carbonyl (C=O) groups excluding carboxylic acids is 1. The summed E-state index contributed by atoms with van der Waals surface area (Å²) in [7, 11) is 1.59. The van der Waals surface area contributed by atoms with Crippen LogP contribution in [-0.4, -0.2) is 44.0 Å². The molecule has 152 valence electrons. The number of aromatic nitrogens is 5. The number of hydrogen-bond acceptors (Lipinski definition) is 8. The maximum Gasteiger partial charge on any atom is 0.231 e. The minimum Gasteiger partial charge on any atom is -0.494 e. The van der Waals surface area contributed by atoms with Crippen LogP contribution in [0.4, 0.5) is 0 Å². The Labute approximate surface area is 181 Å². The van der Waals surface area contributed by atoms with Crippen LogP contribution in [0.15, 0.2) is 71.3 Å². The highest BCUT2D eigenvalue weighted by Gasteiger charge is 2.20. The summed E-state index contributed by atoms with van der Waals surface area (Å²) in [5.41, 5.74) is 1.68. The third-order valence-electron chi connectivity index (χ3n) is 4.22. The van der Waals surface area contributed by atoms with E-state index in [0.717, 1.165) is 10.6 Å². The van der Waals surface area contributed by atoms with E-state index in [1.54, 1.807) is 18.0 Å². The molecule has 1 amide bonds. The number of rotatable bonds is 8. The molecule has 4 rings (SSSR count). The van der Waals surface area contributed by atoms with Crippen molar-refractivity contribution in [1.29, 1.82) is 0 Å². The molecular formula is C20H18N6O2S2. The normalized spacial score (nSPS) is 11.8. The van der Waals surface area contributed by atoms with E-state index in [1.807, 2.05) is 60.0 Å². The van der Waals surface area contributed by atoms with Crippen LogP contribution >= 0.6 is 23.1 Å². The topological polar surface area (TPSA) is 94.8 Å². The highest BCUT2D eigenvalue weighted by molar-refractivity contribution is 7.99. The quantitative estimate of drug-likeness (QED) is 0.422. The monoisotopic (exact) mass is 438 g/mol. The second-order valence-corrected chi connectivity index (χ2v) is 7.98. The van der Waals surface area contributed by atoms with Gasteiger partial charge in [0.05, 0.1) is 12.9 Å². The molecule has 8 nitrogen and oxygen atoms in total. The summed E-state index contributed by atoms with van der Waals surface area (Å²) in [6.07, 6.45) is 1.73. The predicted octanol–water partition coefficient (Wildman–Crippen LogP) is 3.13. The van der Waals surface area contributed by atoms with Crippen LogP contribution in [0, 0.1) is 0 Å². The van der Waals surface area contributed by atoms with Crippen LogP contribution in [0.2, 0.25) is 0 Å². The summed E-state index contributed by atoms with van der Waals surface area (Å²) in [6, 6.07) is 16.9. The number of thioether (sulfide) groups is 1. The fourth-order valence-corrected chi connectivity index (χ4v) is 4.28. The molecule has 2 aromatic heterocycles. The molecule has 30 heavy (non-hydrogen) atoms. The van der Waals surface area contributed by atoms with Gasteiger partial charge < -0.3 is 10.1 Å². The van der Waals surface area contributed by atoms with Crippen LogP contribution < -0.4 is 10.1 Å². The summed E-state index contributed by atoms with van der Waals surface area (Å²) in [5.74, 6) is 0.659. The highest BCUT2D eigenvalue weighted by Crippen LogP contribution is 2.27. The molecule has 0 aliphatic rings. The highest BCUT2D eigenvalue weighted by atomic mass is 32.2. The van der Waals surface area contributed by atoms with Gasteiger partial charge in [-0.3, -0.25) is 4.79 Å². The van der Waals surface area contributed by atoms with Crippen molar-refractivity contribution in [3.63, 3.8) is 0 Å². The smallest absolute Gasteiger partial charge is 0.231 e. The number of hydrogen-bond donors (Lipinski definition) is 1. The first-order valence-electron chi connectivity index (χ1n) is 9.04. The van der Waals surface area contributed by atoms with Crippen molar-refractivity contribution in [1.82, 2.24) is 30.5 Å². The molecule has 4 aromatic rings. The van der Waals surface area contributed by atoms with E-state index in [0.29, 0.717) is 16.6 Å². The number of tetrazole rings is 1. The van der Waals surface area contributed by atoms with Gasteiger partial charge in [-0.1, -0.05) is 54.2 Å². The van der Waals surface area contributed by atoms with Crippen LogP contribution in [-0.2, 0) is 4.79 Å². The number of methoxy groups -OCH3 is 1. The molecule has 0 bridgehead atoms. The zero-order valence-corrected chi connectivity index (χ0v) is 17.6. The molecule has 0 aliphatic carbocycles. The largest absolute Gasteiger partial charge is 0.494 e. The van der Waals surface area contributed by atoms with Crippen LogP contribution in [0.1, 0.15) is 16.6 Å². The third-order valence-corrected chi connectivity index (χ3v) is 5.98. The summed E-state index contributed by atoms with van der Waals surface area (Å²) in [4.78, 5) is 17.1. The lowest BCUT2D eigenvalue weighted by Gasteiger charge is -2.17. The number of amides is 1. The second-order valence-electron chi connectivity index (χ2n) is 6.12. The maximum atomic E-state index is 12.7. The minimum absolute atomic E-state index is 0.140. The summed E-state index contributed by atoms with van der Waals surface area (Å²) in [5, 5.41) is 18.1. The molecule has 0 radical (unpaired) electrons. The average Bonchev–Trinajstić information content (AvgIpc) is 3.49. The average molecular weight is 439 g/mol. The Kier molecular flexibility index (Phi) is 6.35. The van der Waals surface area contributed by atoms with E-state index in [-0.39, 0.29) is 17.7 Å². The van der Waals surface area contributed by atoms with Crippen molar-refractivity contribution >= 4 is 29.0 Å². The molecule has 0 aliphatic heterocycles. The molecule has 0 fully saturated rings. The molecule has 1 unspecified atom stereocenters. The molecule has 2 aromatic carbocycles. The zero-order chi connectivity index (χ0) is 20.8. The lowest BCUT2D eigenvalue weighted by Crippen LogP contribution is -2.30. The fourth-order valence-electron chi connectivity index (χ4n) is 2.87. The van der Waals surface area contributed by atoms with Crippen LogP contribution in [0.25, 0.3) is 5.69 Å². The molecule has 1 atom stereocenters. The van der Waals surface area contributed by atoms with E-state index < -0.39 is 0 Å². The van der Waals surface area contributed by atoms with Gasteiger partial charge in [0.15, 0.2) is 0 Å². The Balaban J connectivity index is 1.47. The molecule has 10 heteroatoms. The molecule has 0 saturated carbocycles. The summed E-state index contributed by atoms with van der Waals surface area (Å²) >= 11 is 2.76. The molecular weight excluding hydrogens is 420 g/mol. The number of thiazole rings is 1. The maximum absolute atomic E-state index is 12.7. The van der Waals surface area contributed by atoms with Crippen molar-refractivity contribution in [2.45, 2.75) is 11.2 Å². The third kappa shape index (κ3) is 4.50. The van der Waals surface area contributed by atoms with Gasteiger partial charge in [-0.15, -0.1) is 16.4 Å². The van der Waals surface area contributed by atoms with Crippen molar-refractivity contribution in [3.05, 3.63) is 76.7 Å². The Morgan fingerprint density at radius 1 is 1.20 bits per heavy atom. The van der Waals surface area contributed by atoms with Crippen molar-refractivity contribution in [2.75, 3.05) is 12.9 Å². The second kappa shape index (κ2) is 9.51. The van der Waals surface area contributed by atoms with Gasteiger partial charge in [-0.05, 0) is 28.1 Å². The summed E-state index contributed by atoms with van der Waals surface area (Å²) in [6.45, 7) is 0. The Morgan fingerprint density at radius 3 is 2.77 bits per heavy atom. The lowest BCUT2D eigenvalue weighted by atomic mass is 10.1. The van der Waals surface area contributed by atoms with Gasteiger partial charge in [0.2, 0.25) is 11.1 Å². The first-order valence-corrected chi connectivity index (χ1v) is 10.9. The van der Waals surface area contributed by atoms with E-state index >= 15 is 0 Å². The van der Waals surface area contributed by atoms with E-state index in [9.17, 15) is 4.79 Å². The molecule has 0 saturated heterocycles. The van der Waals surface area contributed by atoms with Crippen molar-refractivity contribution in [3.8, 4) is 11.4 Å². The van der Waals surface area contributed by atoms with Gasteiger partial charge in [0.25, 0.3) is 0 Å². The number of carbonyl (C=O) groups is 1. The number of benzene rings is 2. The van der Waals surface area contributed by atoms with Gasteiger partial charge in [0.1, 0.15) is 22.5 Å². The van der Waals surface area contributed by atoms with Gasteiger partial charge >= 0.3 is 0 Å². The molecule has 2 heterocycles. The first kappa shape index (κ1) is 20.0. The van der Waals surface area contributed by atoms with Gasteiger partial charge in [-0.25, -0.2) is 4.98 Å². The van der Waals surface area contributed by atoms with E-state index in [4.69, 9.17) is 4.74 Å². The van der Waals surface area contributed by atoms with Crippen molar-refractivity contribution < 1.29 is 9.53 Å². The number of nitrogens with one attached hydrogen (secondary N) is 1. The number of ether oxygens (including phenoxy) is 1. The Bertz CT molecular complexity index is 1100. The minimum atomic E-state index is -0.301. The SMILES string of the molecule is COc1ccccc1-n1nnnc1SCC(=O)NC(c1ccccc1)c1nccs1. The van der Waals surface area contributed by atoms with Crippen molar-refractivity contribution in [2.24, 2.45) is 0 Å². The fraction of sp³-hybridized carbons (Fsp3) is 0.150. The summed E-state index contributed by atoms with van der Waals surface area (Å²) < 4.78 is 6.94. The van der Waals surface area contributed by atoms with Gasteiger partial charge in [-0.2, -0.15) is 4.68 Å². The Hall–Kier alpha value is -3.24. The zero-order valence-electron chi connectivity index (χ0n) is 16.0. The first-order chi connectivity index (χ1) is 14.8. The van der Waals surface area contributed by atoms with E-state index in [1.165, 1.54) is 23.1 Å². The molecule has 1 N–H and O–H groups in total. The number of para-hydroxylation sites is 2. The standard InChI is InChI=1S/C20H18N6O2S2/c1-28-16-10-6-5-9-15(16)26-20(23-24-25-26)30-13-17(27)22-18(19-21-11-12-29-19)14-7-3-2-4-8-14/h2-12,18H,13H2,1H3,(H,22,27).